The van der Waals surface area contributed by atoms with Gasteiger partial charge in [0.2, 0.25) is 5.91 Å². The van der Waals surface area contributed by atoms with Gasteiger partial charge in [0.15, 0.2) is 0 Å². The van der Waals surface area contributed by atoms with Crippen molar-refractivity contribution in [1.29, 1.82) is 0 Å². The summed E-state index contributed by atoms with van der Waals surface area (Å²) in [5, 5.41) is 6.32. The zero-order valence-electron chi connectivity index (χ0n) is 16.5. The molecule has 1 atom stereocenters. The number of benzene rings is 1. The number of thioether (sulfide) groups is 1. The minimum absolute atomic E-state index is 0.242. The number of halogens is 2. The van der Waals surface area contributed by atoms with Crippen molar-refractivity contribution in [3.05, 3.63) is 57.7 Å². The van der Waals surface area contributed by atoms with Crippen molar-refractivity contribution in [2.24, 2.45) is 0 Å². The number of aromatic nitrogens is 1. The van der Waals surface area contributed by atoms with Gasteiger partial charge in [-0.05, 0) is 48.3 Å². The zero-order valence-corrected chi connectivity index (χ0v) is 18.9. The lowest BCUT2D eigenvalue weighted by Crippen LogP contribution is -2.47. The van der Waals surface area contributed by atoms with E-state index in [2.05, 4.69) is 15.6 Å². The van der Waals surface area contributed by atoms with Crippen LogP contribution in [0.1, 0.15) is 22.3 Å². The number of carbonyl (C=O) groups is 2. The molecular weight excluding hydrogens is 431 g/mol. The summed E-state index contributed by atoms with van der Waals surface area (Å²) in [6, 6.07) is 7.75. The van der Waals surface area contributed by atoms with E-state index in [1.54, 1.807) is 30.1 Å². The van der Waals surface area contributed by atoms with Gasteiger partial charge in [-0.3, -0.25) is 9.59 Å². The van der Waals surface area contributed by atoms with Crippen LogP contribution in [0.15, 0.2) is 36.5 Å². The van der Waals surface area contributed by atoms with Crippen molar-refractivity contribution >= 4 is 52.6 Å². The number of amides is 2. The fourth-order valence-electron chi connectivity index (χ4n) is 2.51. The molecule has 156 valence electrons. The van der Waals surface area contributed by atoms with Crippen LogP contribution >= 0.6 is 35.0 Å². The van der Waals surface area contributed by atoms with Gasteiger partial charge in [-0.2, -0.15) is 11.8 Å². The molecule has 2 N–H and O–H groups in total. The minimum atomic E-state index is -0.671. The van der Waals surface area contributed by atoms with E-state index in [-0.39, 0.29) is 16.5 Å². The van der Waals surface area contributed by atoms with Crippen LogP contribution in [0.2, 0.25) is 10.0 Å². The third-order valence-electron chi connectivity index (χ3n) is 4.14. The van der Waals surface area contributed by atoms with Crippen LogP contribution in [0, 0.1) is 0 Å². The quantitative estimate of drug-likeness (QED) is 0.604. The predicted octanol–water partition coefficient (Wildman–Crippen LogP) is 3.62. The molecule has 0 aliphatic rings. The molecule has 1 aromatic heterocycles. The second-order valence-corrected chi connectivity index (χ2v) is 8.40. The van der Waals surface area contributed by atoms with E-state index in [0.717, 1.165) is 17.1 Å². The monoisotopic (exact) mass is 454 g/mol. The van der Waals surface area contributed by atoms with Gasteiger partial charge in [-0.15, -0.1) is 0 Å². The Morgan fingerprint density at radius 1 is 1.21 bits per heavy atom. The second-order valence-electron chi connectivity index (χ2n) is 6.57. The summed E-state index contributed by atoms with van der Waals surface area (Å²) in [7, 11) is 3.82. The molecule has 1 unspecified atom stereocenters. The third kappa shape index (κ3) is 7.10. The van der Waals surface area contributed by atoms with Crippen molar-refractivity contribution in [2.45, 2.75) is 19.0 Å². The lowest BCUT2D eigenvalue weighted by Gasteiger charge is -2.19. The molecule has 0 saturated carbocycles. The first-order valence-electron chi connectivity index (χ1n) is 8.96. The number of hydrogen-bond donors (Lipinski definition) is 2. The van der Waals surface area contributed by atoms with Crippen LogP contribution in [-0.2, 0) is 11.3 Å². The van der Waals surface area contributed by atoms with E-state index in [1.165, 1.54) is 6.07 Å². The van der Waals surface area contributed by atoms with Crippen LogP contribution < -0.4 is 15.5 Å². The van der Waals surface area contributed by atoms with Gasteiger partial charge in [0.1, 0.15) is 11.9 Å². The fraction of sp³-hybridized carbons (Fsp3) is 0.350. The molecule has 2 aromatic rings. The first kappa shape index (κ1) is 23.3. The Morgan fingerprint density at radius 2 is 1.97 bits per heavy atom. The number of nitrogens with one attached hydrogen (secondary N) is 2. The van der Waals surface area contributed by atoms with Crippen LogP contribution in [0.3, 0.4) is 0 Å². The lowest BCUT2D eigenvalue weighted by atomic mass is 10.1. The maximum absolute atomic E-state index is 12.7. The molecular formula is C20H24Cl2N4O2S. The normalized spacial score (nSPS) is 11.6. The van der Waals surface area contributed by atoms with Crippen LogP contribution in [0.5, 0.6) is 0 Å². The van der Waals surface area contributed by atoms with E-state index in [0.29, 0.717) is 18.0 Å². The summed E-state index contributed by atoms with van der Waals surface area (Å²) in [6.07, 6.45) is 4.17. The van der Waals surface area contributed by atoms with Crippen molar-refractivity contribution < 1.29 is 9.59 Å². The van der Waals surface area contributed by atoms with Gasteiger partial charge in [0, 0.05) is 31.9 Å². The summed E-state index contributed by atoms with van der Waals surface area (Å²) in [4.78, 5) is 31.5. The first-order chi connectivity index (χ1) is 13.8. The van der Waals surface area contributed by atoms with Crippen LogP contribution in [-0.4, -0.2) is 48.9 Å². The number of nitrogens with zero attached hydrogens (tertiary/aromatic N) is 2. The highest BCUT2D eigenvalue weighted by Gasteiger charge is 2.22. The molecule has 1 aromatic carbocycles. The van der Waals surface area contributed by atoms with Gasteiger partial charge in [0.05, 0.1) is 10.6 Å². The smallest absolute Gasteiger partial charge is 0.253 e. The van der Waals surface area contributed by atoms with Crippen LogP contribution in [0.4, 0.5) is 5.82 Å². The molecule has 29 heavy (non-hydrogen) atoms. The Balaban J connectivity index is 2.02. The van der Waals surface area contributed by atoms with Crippen LogP contribution in [0.25, 0.3) is 0 Å². The SMILES string of the molecule is CSCCC(NC(=O)c1ccc(Cl)cc1Cl)C(=O)NCc1ccc(N(C)C)nc1. The molecule has 2 amide bonds. The molecule has 9 heteroatoms. The van der Waals surface area contributed by atoms with Gasteiger partial charge in [0.25, 0.3) is 5.91 Å². The molecule has 0 fully saturated rings. The maximum atomic E-state index is 12.7. The number of pyridine rings is 1. The molecule has 1 heterocycles. The van der Waals surface area contributed by atoms with E-state index in [1.807, 2.05) is 37.4 Å². The van der Waals surface area contributed by atoms with Crippen molar-refractivity contribution in [1.82, 2.24) is 15.6 Å². The highest BCUT2D eigenvalue weighted by molar-refractivity contribution is 7.98. The summed E-state index contributed by atoms with van der Waals surface area (Å²) in [6.45, 7) is 0.326. The van der Waals surface area contributed by atoms with Gasteiger partial charge in [-0.1, -0.05) is 29.3 Å². The van der Waals surface area contributed by atoms with Crippen molar-refractivity contribution in [3.63, 3.8) is 0 Å². The molecule has 0 aliphatic heterocycles. The molecule has 2 rings (SSSR count). The third-order valence-corrected chi connectivity index (χ3v) is 5.33. The predicted molar refractivity (Wildman–Crippen MR) is 121 cm³/mol. The lowest BCUT2D eigenvalue weighted by molar-refractivity contribution is -0.123. The molecule has 0 spiro atoms. The van der Waals surface area contributed by atoms with Gasteiger partial charge < -0.3 is 15.5 Å². The summed E-state index contributed by atoms with van der Waals surface area (Å²) < 4.78 is 0. The minimum Gasteiger partial charge on any atom is -0.363 e. The highest BCUT2D eigenvalue weighted by atomic mass is 35.5. The summed E-state index contributed by atoms with van der Waals surface area (Å²) in [5.41, 5.74) is 1.15. The Kier molecular flexibility index (Phi) is 9.07. The van der Waals surface area contributed by atoms with Gasteiger partial charge in [-0.25, -0.2) is 4.98 Å². The molecule has 6 nitrogen and oxygen atoms in total. The molecule has 0 saturated heterocycles. The zero-order chi connectivity index (χ0) is 21.4. The van der Waals surface area contributed by atoms with Crippen molar-refractivity contribution in [3.8, 4) is 0 Å². The molecule has 0 radical (unpaired) electrons. The fourth-order valence-corrected chi connectivity index (χ4v) is 3.48. The Labute approximate surface area is 185 Å². The first-order valence-corrected chi connectivity index (χ1v) is 11.1. The Morgan fingerprint density at radius 3 is 2.55 bits per heavy atom. The number of hydrogen-bond acceptors (Lipinski definition) is 5. The van der Waals surface area contributed by atoms with E-state index in [9.17, 15) is 9.59 Å². The maximum Gasteiger partial charge on any atom is 0.253 e. The Bertz CT molecular complexity index is 847. The average molecular weight is 455 g/mol. The number of anilines is 1. The standard InChI is InChI=1S/C20H24Cl2N4O2S/c1-26(2)18-7-4-13(11-23-18)12-24-20(28)17(8-9-29-3)25-19(27)15-6-5-14(21)10-16(15)22/h4-7,10-11,17H,8-9,12H2,1-3H3,(H,24,28)(H,25,27). The largest absolute Gasteiger partial charge is 0.363 e. The van der Waals surface area contributed by atoms with E-state index >= 15 is 0 Å². The topological polar surface area (TPSA) is 74.3 Å². The van der Waals surface area contributed by atoms with E-state index < -0.39 is 11.9 Å². The Hall–Kier alpha value is -1.96. The van der Waals surface area contributed by atoms with Crippen molar-refractivity contribution in [2.75, 3.05) is 31.0 Å². The highest BCUT2D eigenvalue weighted by Crippen LogP contribution is 2.21. The number of carbonyl (C=O) groups excluding carboxylic acids is 2. The summed E-state index contributed by atoms with van der Waals surface area (Å²) in [5.74, 6) is 0.898. The second kappa shape index (κ2) is 11.3. The summed E-state index contributed by atoms with van der Waals surface area (Å²) >= 11 is 13.6. The molecule has 0 bridgehead atoms. The molecule has 0 aliphatic carbocycles. The van der Waals surface area contributed by atoms with Gasteiger partial charge >= 0.3 is 0 Å². The average Bonchev–Trinajstić information content (AvgIpc) is 2.69. The number of rotatable bonds is 9. The van der Waals surface area contributed by atoms with E-state index in [4.69, 9.17) is 23.2 Å².